The van der Waals surface area contributed by atoms with Crippen molar-refractivity contribution in [2.24, 2.45) is 0 Å². The Kier molecular flexibility index (Phi) is 4.59. The highest BCUT2D eigenvalue weighted by molar-refractivity contribution is 6.02. The number of ether oxygens (including phenoxy) is 1. The molecular weight excluding hydrogens is 379 g/mol. The Balaban J connectivity index is 1.44. The van der Waals surface area contributed by atoms with E-state index in [4.69, 9.17) is 9.26 Å². The smallest absolute Gasteiger partial charge is 0.379 e. The molecule has 146 valence electrons. The molecule has 0 bridgehead atoms. The Morgan fingerprint density at radius 2 is 2.04 bits per heavy atom. The highest BCUT2D eigenvalue weighted by Crippen LogP contribution is 2.31. The van der Waals surface area contributed by atoms with Gasteiger partial charge in [0.25, 0.3) is 5.91 Å². The largest absolute Gasteiger partial charge is 0.416 e. The third-order valence-corrected chi connectivity index (χ3v) is 4.28. The molecule has 0 radical (unpaired) electrons. The van der Waals surface area contributed by atoms with Gasteiger partial charge in [-0.05, 0) is 18.6 Å². The van der Waals surface area contributed by atoms with E-state index in [0.29, 0.717) is 18.8 Å². The van der Waals surface area contributed by atoms with Gasteiger partial charge >= 0.3 is 6.18 Å². The summed E-state index contributed by atoms with van der Waals surface area (Å²) in [5, 5.41) is 14.0. The van der Waals surface area contributed by atoms with Crippen LogP contribution in [-0.2, 0) is 10.9 Å². The number of carbonyl (C=O) groups is 1. The van der Waals surface area contributed by atoms with Gasteiger partial charge in [0.15, 0.2) is 5.69 Å². The van der Waals surface area contributed by atoms with E-state index in [0.717, 1.165) is 18.6 Å². The molecule has 28 heavy (non-hydrogen) atoms. The van der Waals surface area contributed by atoms with Gasteiger partial charge in [0.1, 0.15) is 5.69 Å². The van der Waals surface area contributed by atoms with Gasteiger partial charge in [0.2, 0.25) is 5.88 Å². The second-order valence-corrected chi connectivity index (χ2v) is 6.21. The number of alkyl halides is 3. The summed E-state index contributed by atoms with van der Waals surface area (Å²) in [4.78, 5) is 12.3. The quantitative estimate of drug-likeness (QED) is 0.732. The minimum Gasteiger partial charge on any atom is -0.379 e. The van der Waals surface area contributed by atoms with Crippen LogP contribution in [0, 0.1) is 0 Å². The fourth-order valence-electron chi connectivity index (χ4n) is 2.77. The first-order valence-corrected chi connectivity index (χ1v) is 8.35. The summed E-state index contributed by atoms with van der Waals surface area (Å²) in [6.45, 7) is 1.15. The van der Waals surface area contributed by atoms with Crippen LogP contribution in [0.3, 0.4) is 0 Å². The van der Waals surface area contributed by atoms with Crippen molar-refractivity contribution in [3.63, 3.8) is 0 Å². The van der Waals surface area contributed by atoms with Crippen molar-refractivity contribution in [1.29, 1.82) is 0 Å². The third kappa shape index (κ3) is 3.74. The van der Waals surface area contributed by atoms with E-state index >= 15 is 0 Å². The maximum absolute atomic E-state index is 12.6. The number of hydrogen-bond donors (Lipinski definition) is 1. The van der Waals surface area contributed by atoms with Crippen LogP contribution in [-0.4, -0.2) is 39.3 Å². The number of nitrogens with zero attached hydrogens (tertiary/aromatic N) is 4. The molecule has 11 heteroatoms. The van der Waals surface area contributed by atoms with Gasteiger partial charge in [0, 0.05) is 18.2 Å². The predicted molar refractivity (Wildman–Crippen MR) is 89.4 cm³/mol. The monoisotopic (exact) mass is 393 g/mol. The normalized spacial score (nSPS) is 17.0. The molecule has 3 heterocycles. The van der Waals surface area contributed by atoms with E-state index in [1.165, 1.54) is 24.4 Å². The van der Waals surface area contributed by atoms with Gasteiger partial charge in [-0.2, -0.15) is 13.2 Å². The van der Waals surface area contributed by atoms with Crippen LogP contribution < -0.4 is 5.32 Å². The minimum absolute atomic E-state index is 0.0404. The summed E-state index contributed by atoms with van der Waals surface area (Å²) in [7, 11) is 0. The number of rotatable bonds is 4. The first-order valence-electron chi connectivity index (χ1n) is 8.35. The van der Waals surface area contributed by atoms with E-state index in [2.05, 4.69) is 20.8 Å². The Labute approximate surface area is 156 Å². The molecule has 0 unspecified atom stereocenters. The first-order chi connectivity index (χ1) is 13.4. The fraction of sp³-hybridized carbons (Fsp3) is 0.294. The van der Waals surface area contributed by atoms with Crippen LogP contribution in [0.2, 0.25) is 0 Å². The molecule has 1 atom stereocenters. The molecular formula is C17H14F3N5O3. The molecule has 3 aromatic rings. The van der Waals surface area contributed by atoms with Crippen LogP contribution in [0.15, 0.2) is 41.1 Å². The van der Waals surface area contributed by atoms with Crippen molar-refractivity contribution in [3.8, 4) is 11.3 Å². The van der Waals surface area contributed by atoms with Crippen molar-refractivity contribution in [2.45, 2.75) is 18.6 Å². The van der Waals surface area contributed by atoms with Crippen molar-refractivity contribution in [1.82, 2.24) is 20.2 Å². The van der Waals surface area contributed by atoms with Gasteiger partial charge in [0.05, 0.1) is 24.4 Å². The van der Waals surface area contributed by atoms with Crippen molar-refractivity contribution in [2.75, 3.05) is 18.5 Å². The van der Waals surface area contributed by atoms with Gasteiger partial charge < -0.3 is 9.26 Å². The van der Waals surface area contributed by atoms with Crippen molar-refractivity contribution >= 4 is 11.8 Å². The van der Waals surface area contributed by atoms with Crippen LogP contribution in [0.1, 0.15) is 28.5 Å². The second kappa shape index (κ2) is 7.08. The average Bonchev–Trinajstić information content (AvgIpc) is 3.41. The van der Waals surface area contributed by atoms with Crippen molar-refractivity contribution in [3.05, 3.63) is 47.8 Å². The summed E-state index contributed by atoms with van der Waals surface area (Å²) < 4.78 is 49.8. The lowest BCUT2D eigenvalue weighted by Gasteiger charge is -2.06. The molecule has 4 rings (SSSR count). The molecule has 1 N–H and O–H groups in total. The third-order valence-electron chi connectivity index (χ3n) is 4.28. The van der Waals surface area contributed by atoms with Crippen LogP contribution in [0.5, 0.6) is 0 Å². The van der Waals surface area contributed by atoms with E-state index in [-0.39, 0.29) is 23.3 Å². The van der Waals surface area contributed by atoms with E-state index in [1.807, 2.05) is 0 Å². The Hall–Kier alpha value is -3.21. The Morgan fingerprint density at radius 1 is 1.25 bits per heavy atom. The molecule has 1 amide bonds. The molecule has 1 saturated heterocycles. The zero-order valence-corrected chi connectivity index (χ0v) is 14.3. The molecule has 2 aromatic heterocycles. The van der Waals surface area contributed by atoms with Crippen molar-refractivity contribution < 1.29 is 27.2 Å². The number of carbonyl (C=O) groups excluding carboxylic acids is 1. The lowest BCUT2D eigenvalue weighted by Crippen LogP contribution is -2.12. The first kappa shape index (κ1) is 18.2. The van der Waals surface area contributed by atoms with Gasteiger partial charge in [-0.3, -0.25) is 10.1 Å². The average molecular weight is 393 g/mol. The Morgan fingerprint density at radius 3 is 2.71 bits per heavy atom. The molecule has 1 fully saturated rings. The second-order valence-electron chi connectivity index (χ2n) is 6.21. The highest BCUT2D eigenvalue weighted by atomic mass is 19.4. The highest BCUT2D eigenvalue weighted by Gasteiger charge is 2.30. The number of anilines is 1. The SMILES string of the molecule is O=C(Nc1cc(-c2ccc(C(F)(F)F)cc2)no1)c1cn([C@H]2CCOC2)nn1. The Bertz CT molecular complexity index is 975. The molecule has 8 nitrogen and oxygen atoms in total. The number of halogens is 3. The number of amides is 1. The van der Waals surface area contributed by atoms with Gasteiger partial charge in [-0.15, -0.1) is 5.10 Å². The summed E-state index contributed by atoms with van der Waals surface area (Å²) >= 11 is 0. The zero-order chi connectivity index (χ0) is 19.7. The number of hydrogen-bond acceptors (Lipinski definition) is 6. The van der Waals surface area contributed by atoms with E-state index < -0.39 is 17.6 Å². The summed E-state index contributed by atoms with van der Waals surface area (Å²) in [5.41, 5.74) is 0.0450. The predicted octanol–water partition coefficient (Wildman–Crippen LogP) is 3.17. The summed E-state index contributed by atoms with van der Waals surface area (Å²) in [5.74, 6) is -0.501. The fourth-order valence-corrected chi connectivity index (χ4v) is 2.77. The number of benzene rings is 1. The summed E-state index contributed by atoms with van der Waals surface area (Å²) in [6, 6.07) is 5.92. The lowest BCUT2D eigenvalue weighted by atomic mass is 10.1. The topological polar surface area (TPSA) is 95.1 Å². The molecule has 1 aliphatic heterocycles. The minimum atomic E-state index is -4.41. The molecule has 0 saturated carbocycles. The van der Waals surface area contributed by atoms with Crippen LogP contribution in [0.25, 0.3) is 11.3 Å². The molecule has 1 aromatic carbocycles. The van der Waals surface area contributed by atoms with E-state index in [9.17, 15) is 18.0 Å². The number of aromatic nitrogens is 4. The van der Waals surface area contributed by atoms with Gasteiger partial charge in [-0.1, -0.05) is 22.5 Å². The standard InChI is InChI=1S/C17H14F3N5O3/c18-17(19,20)11-3-1-10(2-4-11)13-7-15(28-23-13)21-16(26)14-8-25(24-22-14)12-5-6-27-9-12/h1-4,7-8,12H,5-6,9H2,(H,21,26)/t12-/m0/s1. The summed E-state index contributed by atoms with van der Waals surface area (Å²) in [6.07, 6.45) is -2.10. The van der Waals surface area contributed by atoms with Gasteiger partial charge in [-0.25, -0.2) is 4.68 Å². The molecule has 0 spiro atoms. The molecule has 0 aliphatic carbocycles. The maximum Gasteiger partial charge on any atom is 0.416 e. The zero-order valence-electron chi connectivity index (χ0n) is 14.3. The number of nitrogens with one attached hydrogen (secondary N) is 1. The van der Waals surface area contributed by atoms with Crippen LogP contribution in [0.4, 0.5) is 19.1 Å². The van der Waals surface area contributed by atoms with Crippen LogP contribution >= 0.6 is 0 Å². The van der Waals surface area contributed by atoms with E-state index in [1.54, 1.807) is 4.68 Å². The maximum atomic E-state index is 12.6. The molecule has 1 aliphatic rings. The lowest BCUT2D eigenvalue weighted by molar-refractivity contribution is -0.137.